The number of rotatable bonds is 3. The highest BCUT2D eigenvalue weighted by Gasteiger charge is 2.19. The average Bonchev–Trinajstić information content (AvgIpc) is 3.65. The van der Waals surface area contributed by atoms with E-state index in [4.69, 9.17) is 0 Å². The number of hydrogen-bond donors (Lipinski definition) is 0. The summed E-state index contributed by atoms with van der Waals surface area (Å²) in [5.41, 5.74) is 10.8. The summed E-state index contributed by atoms with van der Waals surface area (Å²) >= 11 is 1.91. The Bertz CT molecular complexity index is 2070. The van der Waals surface area contributed by atoms with E-state index in [-0.39, 0.29) is 0 Å². The molecule has 1 aromatic heterocycles. The standard InChI is InChI=1S/C41H32S/c1-27-10-3-2-4-11-28(19-18-27)29-20-22-30(23-21-29)40-33-12-5-7-14-35(33)41(36-15-8-6-13-34(36)40)31-24-25-39-37(26-31)32-16-9-17-38(32)42-39/h2,4-9,12-15,17-26H,3,10-11,16H2,1H3/b4-2?,27-18+,28-19+. The zero-order chi connectivity index (χ0) is 28.0. The molecule has 0 aliphatic heterocycles. The van der Waals surface area contributed by atoms with Crippen LogP contribution in [0, 0.1) is 0 Å². The fraction of sp³-hybridized carbons (Fsp3) is 0.122. The second-order valence-electron chi connectivity index (χ2n) is 11.6. The third kappa shape index (κ3) is 4.28. The van der Waals surface area contributed by atoms with Crippen LogP contribution >= 0.6 is 11.3 Å². The molecule has 8 rings (SSSR count). The second-order valence-corrected chi connectivity index (χ2v) is 12.7. The first kappa shape index (κ1) is 25.3. The van der Waals surface area contributed by atoms with Crippen LogP contribution in [0.5, 0.6) is 0 Å². The first-order valence-corrected chi connectivity index (χ1v) is 15.8. The van der Waals surface area contributed by atoms with Crippen molar-refractivity contribution < 1.29 is 0 Å². The van der Waals surface area contributed by atoms with Crippen LogP contribution in [0.4, 0.5) is 0 Å². The average molecular weight is 557 g/mol. The van der Waals surface area contributed by atoms with Gasteiger partial charge in [-0.25, -0.2) is 0 Å². The lowest BCUT2D eigenvalue weighted by atomic mass is 9.85. The van der Waals surface area contributed by atoms with Crippen LogP contribution in [0.25, 0.3) is 65.5 Å². The van der Waals surface area contributed by atoms with Crippen molar-refractivity contribution in [3.63, 3.8) is 0 Å². The SMILES string of the molecule is C/C1=C\C=C(\c2ccc(-c3c4ccccc4c(-c4ccc5sc6c(c5c4)CC=C6)c4ccccc34)cc2)CC=CCC1. The van der Waals surface area contributed by atoms with E-state index in [1.165, 1.54) is 81.0 Å². The van der Waals surface area contributed by atoms with E-state index in [0.29, 0.717) is 0 Å². The summed E-state index contributed by atoms with van der Waals surface area (Å²) in [7, 11) is 0. The van der Waals surface area contributed by atoms with Gasteiger partial charge in [-0.3, -0.25) is 0 Å². The molecule has 0 saturated carbocycles. The molecule has 0 N–H and O–H groups in total. The zero-order valence-corrected chi connectivity index (χ0v) is 24.7. The molecule has 2 aliphatic carbocycles. The van der Waals surface area contributed by atoms with Crippen LogP contribution in [0.2, 0.25) is 0 Å². The Hall–Kier alpha value is -4.46. The van der Waals surface area contributed by atoms with Crippen molar-refractivity contribution in [2.75, 3.05) is 0 Å². The van der Waals surface area contributed by atoms with Crippen molar-refractivity contribution in [2.45, 2.75) is 32.6 Å². The normalized spacial score (nSPS) is 17.5. The fourth-order valence-corrected chi connectivity index (χ4v) is 7.95. The van der Waals surface area contributed by atoms with Crippen LogP contribution in [-0.4, -0.2) is 0 Å². The van der Waals surface area contributed by atoms with Gasteiger partial charge in [0.1, 0.15) is 0 Å². The Morgan fingerprint density at radius 1 is 0.571 bits per heavy atom. The van der Waals surface area contributed by atoms with Gasteiger partial charge in [0.25, 0.3) is 0 Å². The number of hydrogen-bond acceptors (Lipinski definition) is 1. The van der Waals surface area contributed by atoms with Crippen LogP contribution < -0.4 is 0 Å². The summed E-state index contributed by atoms with van der Waals surface area (Å²) in [5, 5.41) is 6.64. The van der Waals surface area contributed by atoms with Gasteiger partial charge in [0, 0.05) is 9.58 Å². The third-order valence-corrected chi connectivity index (χ3v) is 10.1. The van der Waals surface area contributed by atoms with Gasteiger partial charge >= 0.3 is 0 Å². The van der Waals surface area contributed by atoms with Crippen molar-refractivity contribution in [2.24, 2.45) is 0 Å². The molecule has 0 atom stereocenters. The van der Waals surface area contributed by atoms with Gasteiger partial charge in [-0.05, 0) is 117 Å². The van der Waals surface area contributed by atoms with Crippen LogP contribution in [0.3, 0.4) is 0 Å². The first-order chi connectivity index (χ1) is 20.7. The topological polar surface area (TPSA) is 0 Å². The molecule has 0 bridgehead atoms. The summed E-state index contributed by atoms with van der Waals surface area (Å²) in [4.78, 5) is 1.42. The maximum absolute atomic E-state index is 2.44. The van der Waals surface area contributed by atoms with Crippen molar-refractivity contribution in [3.05, 3.63) is 143 Å². The minimum atomic E-state index is 0.970. The molecule has 42 heavy (non-hydrogen) atoms. The third-order valence-electron chi connectivity index (χ3n) is 8.96. The largest absolute Gasteiger partial charge is 0.136 e. The molecule has 1 heteroatoms. The van der Waals surface area contributed by atoms with Crippen molar-refractivity contribution in [1.82, 2.24) is 0 Å². The molecular weight excluding hydrogens is 525 g/mol. The summed E-state index contributed by atoms with van der Waals surface area (Å²) in [6, 6.07) is 34.3. The minimum Gasteiger partial charge on any atom is -0.136 e. The maximum Gasteiger partial charge on any atom is 0.0352 e. The number of thiophene rings is 1. The van der Waals surface area contributed by atoms with Gasteiger partial charge in [0.15, 0.2) is 0 Å². The highest BCUT2D eigenvalue weighted by atomic mass is 32.1. The Morgan fingerprint density at radius 3 is 1.93 bits per heavy atom. The molecule has 2 aliphatic rings. The second kappa shape index (κ2) is 10.4. The predicted octanol–water partition coefficient (Wildman–Crippen LogP) is 12.2. The van der Waals surface area contributed by atoms with Gasteiger partial charge in [-0.15, -0.1) is 11.3 Å². The van der Waals surface area contributed by atoms with E-state index in [1.54, 1.807) is 0 Å². The van der Waals surface area contributed by atoms with E-state index in [9.17, 15) is 0 Å². The van der Waals surface area contributed by atoms with Crippen LogP contribution in [0.15, 0.2) is 127 Å². The Kier molecular flexibility index (Phi) is 6.27. The number of fused-ring (bicyclic) bond motifs is 5. The lowest BCUT2D eigenvalue weighted by Gasteiger charge is -2.18. The number of benzene rings is 5. The Labute approximate surface area is 251 Å². The van der Waals surface area contributed by atoms with Gasteiger partial charge in [0.05, 0.1) is 0 Å². The van der Waals surface area contributed by atoms with Crippen LogP contribution in [0.1, 0.15) is 42.2 Å². The van der Waals surface area contributed by atoms with Crippen molar-refractivity contribution >= 4 is 54.6 Å². The van der Waals surface area contributed by atoms with E-state index < -0.39 is 0 Å². The van der Waals surface area contributed by atoms with E-state index in [0.717, 1.165) is 25.7 Å². The molecule has 0 unspecified atom stereocenters. The molecule has 0 nitrogen and oxygen atoms in total. The molecule has 5 aromatic carbocycles. The quantitative estimate of drug-likeness (QED) is 0.150. The summed E-state index contributed by atoms with van der Waals surface area (Å²) in [5.74, 6) is 0. The van der Waals surface area contributed by atoms with Gasteiger partial charge in [-0.1, -0.05) is 115 Å². The molecule has 202 valence electrons. The van der Waals surface area contributed by atoms with E-state index >= 15 is 0 Å². The molecule has 0 fully saturated rings. The van der Waals surface area contributed by atoms with Crippen molar-refractivity contribution in [1.29, 1.82) is 0 Å². The Morgan fingerprint density at radius 2 is 1.21 bits per heavy atom. The molecular formula is C41H32S. The van der Waals surface area contributed by atoms with E-state index in [2.05, 4.69) is 134 Å². The summed E-state index contributed by atoms with van der Waals surface area (Å²) in [6.45, 7) is 2.23. The van der Waals surface area contributed by atoms with E-state index in [1.807, 2.05) is 11.3 Å². The highest BCUT2D eigenvalue weighted by molar-refractivity contribution is 7.20. The molecule has 0 saturated heterocycles. The molecule has 1 heterocycles. The first-order valence-electron chi connectivity index (χ1n) is 15.0. The summed E-state index contributed by atoms with van der Waals surface area (Å²) in [6.07, 6.45) is 18.1. The maximum atomic E-state index is 2.44. The smallest absolute Gasteiger partial charge is 0.0352 e. The molecule has 0 spiro atoms. The van der Waals surface area contributed by atoms with Gasteiger partial charge < -0.3 is 0 Å². The minimum absolute atomic E-state index is 0.970. The lowest BCUT2D eigenvalue weighted by molar-refractivity contribution is 0.977. The van der Waals surface area contributed by atoms with Crippen molar-refractivity contribution in [3.8, 4) is 22.3 Å². The predicted molar refractivity (Wildman–Crippen MR) is 185 cm³/mol. The van der Waals surface area contributed by atoms with Gasteiger partial charge in [-0.2, -0.15) is 0 Å². The van der Waals surface area contributed by atoms with Crippen LogP contribution in [-0.2, 0) is 6.42 Å². The fourth-order valence-electron chi connectivity index (χ4n) is 6.80. The number of allylic oxidation sites excluding steroid dienone is 7. The summed E-state index contributed by atoms with van der Waals surface area (Å²) < 4.78 is 1.38. The van der Waals surface area contributed by atoms with Gasteiger partial charge in [0.2, 0.25) is 0 Å². The molecule has 0 radical (unpaired) electrons. The molecule has 0 amide bonds. The highest BCUT2D eigenvalue weighted by Crippen LogP contribution is 2.45. The zero-order valence-electron chi connectivity index (χ0n) is 23.9. The Balaban J connectivity index is 1.31. The lowest BCUT2D eigenvalue weighted by Crippen LogP contribution is -1.91. The molecule has 6 aromatic rings. The monoisotopic (exact) mass is 556 g/mol.